The molecule has 6 heteroatoms. The van der Waals surface area contributed by atoms with Crippen LogP contribution in [0.3, 0.4) is 0 Å². The lowest BCUT2D eigenvalue weighted by Crippen LogP contribution is -2.49. The number of methoxy groups -OCH3 is 1. The largest absolute Gasteiger partial charge is 0.497 e. The summed E-state index contributed by atoms with van der Waals surface area (Å²) in [5.74, 6) is 1.02. The second-order valence-corrected chi connectivity index (χ2v) is 7.70. The van der Waals surface area contributed by atoms with Gasteiger partial charge in [-0.2, -0.15) is 0 Å². The van der Waals surface area contributed by atoms with Crippen molar-refractivity contribution in [1.82, 2.24) is 14.8 Å². The fourth-order valence-electron chi connectivity index (χ4n) is 4.22. The number of aromatic amines is 1. The van der Waals surface area contributed by atoms with Crippen molar-refractivity contribution in [2.24, 2.45) is 0 Å². The first-order valence-electron chi connectivity index (χ1n) is 10.5. The molecule has 6 nitrogen and oxygen atoms in total. The van der Waals surface area contributed by atoms with Crippen LogP contribution < -0.4 is 4.74 Å². The van der Waals surface area contributed by atoms with Crippen molar-refractivity contribution in [2.75, 3.05) is 46.4 Å². The summed E-state index contributed by atoms with van der Waals surface area (Å²) in [6.07, 6.45) is 1.19. The Labute approximate surface area is 177 Å². The number of hydrogen-bond donors (Lipinski definition) is 2. The number of ether oxygens (including phenoxy) is 1. The zero-order valence-electron chi connectivity index (χ0n) is 17.4. The number of amides is 1. The number of aliphatic hydroxyl groups is 1. The predicted molar refractivity (Wildman–Crippen MR) is 119 cm³/mol. The van der Waals surface area contributed by atoms with E-state index in [1.807, 2.05) is 29.2 Å². The Balaban J connectivity index is 1.51. The van der Waals surface area contributed by atoms with Crippen molar-refractivity contribution in [3.05, 3.63) is 54.1 Å². The summed E-state index contributed by atoms with van der Waals surface area (Å²) in [6, 6.07) is 16.3. The molecule has 30 heavy (non-hydrogen) atoms. The third kappa shape index (κ3) is 4.35. The lowest BCUT2D eigenvalue weighted by Gasteiger charge is -2.34. The van der Waals surface area contributed by atoms with E-state index in [1.165, 1.54) is 10.9 Å². The second kappa shape index (κ2) is 9.32. The molecule has 158 valence electrons. The van der Waals surface area contributed by atoms with E-state index in [0.717, 1.165) is 48.7 Å². The van der Waals surface area contributed by atoms with Gasteiger partial charge in [0, 0.05) is 55.7 Å². The summed E-state index contributed by atoms with van der Waals surface area (Å²) in [5, 5.41) is 10.3. The average molecular weight is 408 g/mol. The van der Waals surface area contributed by atoms with Crippen molar-refractivity contribution in [3.63, 3.8) is 0 Å². The molecule has 0 saturated carbocycles. The topological polar surface area (TPSA) is 68.8 Å². The monoisotopic (exact) mass is 407 g/mol. The number of β-amino-alcohol motifs (C(OH)–C–C–N with tert-alkyl or cyclic N) is 1. The van der Waals surface area contributed by atoms with E-state index >= 15 is 0 Å². The molecule has 1 aromatic heterocycles. The number of hydrogen-bond acceptors (Lipinski definition) is 4. The maximum Gasteiger partial charge on any atom is 0.222 e. The SMILES string of the molecule is COc1ccc(-c2[nH]c3ccccc3c2CCC(=O)N2CCN(CCO)CC2)cc1. The molecule has 1 aliphatic heterocycles. The molecule has 1 saturated heterocycles. The minimum absolute atomic E-state index is 0.169. The summed E-state index contributed by atoms with van der Waals surface area (Å²) in [6.45, 7) is 3.98. The smallest absolute Gasteiger partial charge is 0.222 e. The van der Waals surface area contributed by atoms with E-state index in [2.05, 4.69) is 34.1 Å². The molecule has 1 fully saturated rings. The number of nitrogens with zero attached hydrogens (tertiary/aromatic N) is 2. The number of aromatic nitrogens is 1. The molecule has 2 N–H and O–H groups in total. The van der Waals surface area contributed by atoms with Crippen LogP contribution in [0.5, 0.6) is 5.75 Å². The molecule has 0 spiro atoms. The highest BCUT2D eigenvalue weighted by atomic mass is 16.5. The van der Waals surface area contributed by atoms with Crippen LogP contribution in [-0.2, 0) is 11.2 Å². The van der Waals surface area contributed by atoms with E-state index in [9.17, 15) is 4.79 Å². The first-order chi connectivity index (χ1) is 14.7. The van der Waals surface area contributed by atoms with Crippen molar-refractivity contribution >= 4 is 16.8 Å². The molecule has 3 aromatic rings. The fourth-order valence-corrected chi connectivity index (χ4v) is 4.22. The number of benzene rings is 2. The van der Waals surface area contributed by atoms with Gasteiger partial charge in [0.2, 0.25) is 5.91 Å². The molecule has 2 aromatic carbocycles. The quantitative estimate of drug-likeness (QED) is 0.632. The van der Waals surface area contributed by atoms with Gasteiger partial charge < -0.3 is 19.7 Å². The van der Waals surface area contributed by atoms with Crippen LogP contribution in [0, 0.1) is 0 Å². The van der Waals surface area contributed by atoms with Crippen molar-refractivity contribution in [2.45, 2.75) is 12.8 Å². The maximum absolute atomic E-state index is 12.9. The third-order valence-corrected chi connectivity index (χ3v) is 5.92. The minimum atomic E-state index is 0.169. The molecule has 0 atom stereocenters. The Hall–Kier alpha value is -2.83. The number of aryl methyl sites for hydroxylation is 1. The first kappa shape index (κ1) is 20.4. The number of para-hydroxylation sites is 1. The number of aliphatic hydroxyl groups excluding tert-OH is 1. The van der Waals surface area contributed by atoms with Crippen LogP contribution in [0.25, 0.3) is 22.2 Å². The number of carbonyl (C=O) groups is 1. The van der Waals surface area contributed by atoms with Crippen molar-refractivity contribution in [3.8, 4) is 17.0 Å². The Morgan fingerprint density at radius 2 is 1.80 bits per heavy atom. The molecule has 1 amide bonds. The van der Waals surface area contributed by atoms with Gasteiger partial charge >= 0.3 is 0 Å². The molecule has 0 aliphatic carbocycles. The standard InChI is InChI=1S/C24H29N3O3/c1-30-19-8-6-18(7-9-19)24-21(20-4-2-3-5-22(20)25-24)10-11-23(29)27-14-12-26(13-15-27)16-17-28/h2-9,25,28H,10-17H2,1H3. The molecular weight excluding hydrogens is 378 g/mol. The fraction of sp³-hybridized carbons (Fsp3) is 0.375. The van der Waals surface area contributed by atoms with E-state index in [1.54, 1.807) is 7.11 Å². The molecule has 0 bridgehead atoms. The molecule has 2 heterocycles. The lowest BCUT2D eigenvalue weighted by molar-refractivity contribution is -0.132. The third-order valence-electron chi connectivity index (χ3n) is 5.92. The van der Waals surface area contributed by atoms with Crippen LogP contribution >= 0.6 is 0 Å². The number of nitrogens with one attached hydrogen (secondary N) is 1. The Morgan fingerprint density at radius 3 is 2.50 bits per heavy atom. The summed E-state index contributed by atoms with van der Waals surface area (Å²) >= 11 is 0. The summed E-state index contributed by atoms with van der Waals surface area (Å²) in [7, 11) is 1.67. The Bertz CT molecular complexity index is 989. The van der Waals surface area contributed by atoms with Gasteiger partial charge in [-0.05, 0) is 47.9 Å². The number of rotatable bonds is 7. The van der Waals surface area contributed by atoms with Crippen LogP contribution in [0.15, 0.2) is 48.5 Å². The minimum Gasteiger partial charge on any atom is -0.497 e. The van der Waals surface area contributed by atoms with Crippen molar-refractivity contribution < 1.29 is 14.6 Å². The van der Waals surface area contributed by atoms with Gasteiger partial charge in [0.1, 0.15) is 5.75 Å². The summed E-state index contributed by atoms with van der Waals surface area (Å²) < 4.78 is 5.29. The molecular formula is C24H29N3O3. The number of carbonyl (C=O) groups excluding carboxylic acids is 1. The highest BCUT2D eigenvalue weighted by Crippen LogP contribution is 2.32. The van der Waals surface area contributed by atoms with Crippen LogP contribution in [0.2, 0.25) is 0 Å². The Morgan fingerprint density at radius 1 is 1.07 bits per heavy atom. The van der Waals surface area contributed by atoms with Crippen LogP contribution in [0.4, 0.5) is 0 Å². The Kier molecular flexibility index (Phi) is 6.35. The van der Waals surface area contributed by atoms with Gasteiger partial charge in [0.25, 0.3) is 0 Å². The van der Waals surface area contributed by atoms with Gasteiger partial charge in [-0.3, -0.25) is 9.69 Å². The van der Waals surface area contributed by atoms with Gasteiger partial charge in [-0.1, -0.05) is 18.2 Å². The van der Waals surface area contributed by atoms with E-state index in [0.29, 0.717) is 19.4 Å². The highest BCUT2D eigenvalue weighted by Gasteiger charge is 2.21. The van der Waals surface area contributed by atoms with E-state index in [4.69, 9.17) is 9.84 Å². The number of piperazine rings is 1. The molecule has 1 aliphatic rings. The van der Waals surface area contributed by atoms with Crippen LogP contribution in [-0.4, -0.2) is 72.2 Å². The number of fused-ring (bicyclic) bond motifs is 1. The van der Waals surface area contributed by atoms with Gasteiger partial charge in [-0.15, -0.1) is 0 Å². The summed E-state index contributed by atoms with van der Waals surface area (Å²) in [5.41, 5.74) is 4.43. The second-order valence-electron chi connectivity index (χ2n) is 7.70. The molecule has 0 radical (unpaired) electrons. The predicted octanol–water partition coefficient (Wildman–Crippen LogP) is 2.91. The zero-order valence-corrected chi connectivity index (χ0v) is 17.4. The zero-order chi connectivity index (χ0) is 20.9. The highest BCUT2D eigenvalue weighted by molar-refractivity contribution is 5.91. The van der Waals surface area contributed by atoms with Gasteiger partial charge in [0.15, 0.2) is 0 Å². The molecule has 0 unspecified atom stereocenters. The first-order valence-corrected chi connectivity index (χ1v) is 10.5. The lowest BCUT2D eigenvalue weighted by atomic mass is 10.0. The maximum atomic E-state index is 12.9. The van der Waals surface area contributed by atoms with Gasteiger partial charge in [0.05, 0.1) is 13.7 Å². The normalized spacial score (nSPS) is 14.9. The van der Waals surface area contributed by atoms with E-state index < -0.39 is 0 Å². The number of H-pyrrole nitrogens is 1. The van der Waals surface area contributed by atoms with Crippen molar-refractivity contribution in [1.29, 1.82) is 0 Å². The molecule has 4 rings (SSSR count). The van der Waals surface area contributed by atoms with Gasteiger partial charge in [-0.25, -0.2) is 0 Å². The van der Waals surface area contributed by atoms with Crippen LogP contribution in [0.1, 0.15) is 12.0 Å². The van der Waals surface area contributed by atoms with E-state index in [-0.39, 0.29) is 12.5 Å². The summed E-state index contributed by atoms with van der Waals surface area (Å²) in [4.78, 5) is 20.6. The average Bonchev–Trinajstić information content (AvgIpc) is 3.17.